The van der Waals surface area contributed by atoms with Gasteiger partial charge in [-0.05, 0) is 30.2 Å². The first-order chi connectivity index (χ1) is 34.6. The van der Waals surface area contributed by atoms with Gasteiger partial charge in [0.05, 0.1) is 69.6 Å². The van der Waals surface area contributed by atoms with Crippen molar-refractivity contribution in [1.29, 1.82) is 0 Å². The Morgan fingerprint density at radius 2 is 0.833 bits per heavy atom. The van der Waals surface area contributed by atoms with Gasteiger partial charge in [-0.3, -0.25) is 0 Å². The van der Waals surface area contributed by atoms with Crippen LogP contribution < -0.4 is 40.2 Å². The Balaban J connectivity index is 0.000000256. The van der Waals surface area contributed by atoms with Gasteiger partial charge in [-0.25, -0.2) is 19.2 Å². The smallest absolute Gasteiger partial charge is 0.331 e. The molecule has 72 heavy (non-hydrogen) atoms. The molecular formula is C41H54N12O15S4. The second-order valence-corrected chi connectivity index (χ2v) is 16.6. The molecule has 0 amide bonds. The first kappa shape index (κ1) is 59.0. The number of nitrogens with zero attached hydrogens (tertiary/aromatic N) is 8. The lowest BCUT2D eigenvalue weighted by Gasteiger charge is -2.17. The number of phenolic OH excluding ortho intramolecular Hbond substituents is 1. The van der Waals surface area contributed by atoms with E-state index in [1.54, 1.807) is 24.3 Å². The molecule has 7 N–H and O–H groups in total. The first-order valence-corrected chi connectivity index (χ1v) is 23.7. The zero-order valence-corrected chi connectivity index (χ0v) is 43.4. The third-order valence-electron chi connectivity index (χ3n) is 8.77. The van der Waals surface area contributed by atoms with E-state index in [2.05, 4.69) is 68.2 Å². The van der Waals surface area contributed by atoms with E-state index >= 15 is 0 Å². The lowest BCUT2D eigenvalue weighted by Crippen LogP contribution is -2.39. The summed E-state index contributed by atoms with van der Waals surface area (Å²) in [5, 5.41) is 40.7. The lowest BCUT2D eigenvalue weighted by atomic mass is 10.1. The highest BCUT2D eigenvalue weighted by Gasteiger charge is 2.26. The standard InChI is InChI=1S/C13H15N3O4S.C13H15N3O3S.C8H13N3O4S.C7H11N3O4S/c1-19-11(18)10(7-8-3-5-9(17)6-4-8)14-13-15-12(20-2)16-21-13;1-18-11(17)10(8-9-6-4-3-5-7-9)14-13-15-12(19-2)16-20-13;1-4(12)5(6(13)14-2)9-8-10-7(15-3)11-16-8;1-13-5(12)4(3-11)8-7-9-6(14-2)10-15-7/h3-6,10,17H,7H2,1-2H3,(H,14,15,16);3-7,10H,8H2,1-2H3,(H,14,15,16);4-5,12H,1-3H3,(H,9,10,11);4,11H,3H2,1-2H3,(H,8,9,10)/t2*10-;4-,5+;4-/m0010/s1. The van der Waals surface area contributed by atoms with E-state index in [9.17, 15) is 29.4 Å². The Bertz CT molecular complexity index is 2520. The van der Waals surface area contributed by atoms with Crippen LogP contribution in [0.3, 0.4) is 0 Å². The van der Waals surface area contributed by atoms with Crippen molar-refractivity contribution in [2.75, 3.05) is 84.8 Å². The molecule has 4 aromatic heterocycles. The molecule has 0 saturated heterocycles. The van der Waals surface area contributed by atoms with Crippen LogP contribution in [0.2, 0.25) is 0 Å². The normalized spacial score (nSPS) is 12.3. The zero-order valence-electron chi connectivity index (χ0n) is 40.2. The molecule has 5 atom stereocenters. The number of aliphatic hydroxyl groups excluding tert-OH is 2. The number of anilines is 4. The number of ether oxygens (including phenoxy) is 8. The van der Waals surface area contributed by atoms with Crippen LogP contribution in [0, 0.1) is 0 Å². The number of hydrogen-bond donors (Lipinski definition) is 7. The summed E-state index contributed by atoms with van der Waals surface area (Å²) < 4.78 is 53.6. The number of methoxy groups -OCH3 is 8. The average Bonchev–Trinajstić information content (AvgIpc) is 4.26. The van der Waals surface area contributed by atoms with Crippen LogP contribution in [0.5, 0.6) is 29.8 Å². The SMILES string of the molecule is COC(=O)[C@@H](Nc1nc(OC)ns1)[C@@H](C)O.COC(=O)[C@H](CO)Nc1nc(OC)ns1.COC(=O)[C@H](Cc1ccc(O)cc1)Nc1nc(OC)ns1.COC(=O)[C@H](Cc1ccccc1)Nc1nc(OC)ns1. The van der Waals surface area contributed by atoms with Crippen molar-refractivity contribution in [3.8, 4) is 29.8 Å². The van der Waals surface area contributed by atoms with Gasteiger partial charge in [0.15, 0.2) is 6.04 Å². The molecule has 6 aromatic rings. The number of hydrogen-bond acceptors (Lipinski definition) is 31. The van der Waals surface area contributed by atoms with E-state index in [0.29, 0.717) is 33.4 Å². The Morgan fingerprint density at radius 3 is 1.15 bits per heavy atom. The maximum Gasteiger partial charge on any atom is 0.331 e. The minimum atomic E-state index is -0.901. The highest BCUT2D eigenvalue weighted by Crippen LogP contribution is 2.22. The fourth-order valence-corrected chi connectivity index (χ4v) is 7.56. The van der Waals surface area contributed by atoms with E-state index in [0.717, 1.165) is 57.3 Å². The summed E-state index contributed by atoms with van der Waals surface area (Å²) in [5.41, 5.74) is 1.92. The summed E-state index contributed by atoms with van der Waals surface area (Å²) >= 11 is 4.30. The van der Waals surface area contributed by atoms with E-state index in [1.165, 1.54) is 63.8 Å². The monoisotopic (exact) mass is 1080 g/mol. The molecule has 27 nitrogen and oxygen atoms in total. The molecule has 0 aliphatic rings. The van der Waals surface area contributed by atoms with Crippen LogP contribution in [0.25, 0.3) is 0 Å². The van der Waals surface area contributed by atoms with Crippen LogP contribution in [-0.2, 0) is 51.0 Å². The number of carbonyl (C=O) groups is 4. The minimum Gasteiger partial charge on any atom is -0.508 e. The second kappa shape index (κ2) is 31.8. The van der Waals surface area contributed by atoms with Crippen molar-refractivity contribution >= 4 is 90.5 Å². The molecule has 2 aromatic carbocycles. The van der Waals surface area contributed by atoms with E-state index in [-0.39, 0.29) is 42.4 Å². The number of aromatic hydroxyl groups is 1. The molecule has 0 spiro atoms. The molecule has 0 unspecified atom stereocenters. The molecule has 6 rings (SSSR count). The maximum absolute atomic E-state index is 11.9. The van der Waals surface area contributed by atoms with E-state index < -0.39 is 48.2 Å². The molecule has 0 radical (unpaired) electrons. The quantitative estimate of drug-likeness (QED) is 0.0379. The Morgan fingerprint density at radius 1 is 0.500 bits per heavy atom. The number of aliphatic hydroxyl groups is 2. The Hall–Kier alpha value is -7.32. The van der Waals surface area contributed by atoms with Crippen LogP contribution >= 0.6 is 46.1 Å². The molecule has 0 fully saturated rings. The largest absolute Gasteiger partial charge is 0.508 e. The zero-order chi connectivity index (χ0) is 53.0. The topological polar surface area (TPSA) is 354 Å². The Labute approximate surface area is 428 Å². The molecule has 392 valence electrons. The first-order valence-electron chi connectivity index (χ1n) is 20.6. The van der Waals surface area contributed by atoms with Gasteiger partial charge in [-0.2, -0.15) is 19.9 Å². The van der Waals surface area contributed by atoms with Crippen molar-refractivity contribution in [2.45, 2.75) is 50.0 Å². The van der Waals surface area contributed by atoms with Crippen LogP contribution in [-0.4, -0.2) is 170 Å². The van der Waals surface area contributed by atoms with Crippen LogP contribution in [0.15, 0.2) is 54.6 Å². The predicted molar refractivity (Wildman–Crippen MR) is 264 cm³/mol. The van der Waals surface area contributed by atoms with Crippen LogP contribution in [0.4, 0.5) is 20.5 Å². The van der Waals surface area contributed by atoms with E-state index in [1.807, 2.05) is 30.3 Å². The summed E-state index contributed by atoms with van der Waals surface area (Å²) in [4.78, 5) is 62.1. The number of rotatable bonds is 22. The fraction of sp³-hybridized carbons (Fsp3) is 0.415. The number of benzene rings is 2. The molecular weight excluding hydrogens is 1030 g/mol. The van der Waals surface area contributed by atoms with Crippen molar-refractivity contribution < 1.29 is 72.4 Å². The van der Waals surface area contributed by atoms with Crippen molar-refractivity contribution in [1.82, 2.24) is 37.4 Å². The molecule has 0 aliphatic heterocycles. The van der Waals surface area contributed by atoms with Crippen LogP contribution in [0.1, 0.15) is 18.1 Å². The van der Waals surface area contributed by atoms with Crippen molar-refractivity contribution in [3.05, 3.63) is 65.7 Å². The fourth-order valence-electron chi connectivity index (χ4n) is 5.20. The summed E-state index contributed by atoms with van der Waals surface area (Å²) in [6, 6.07) is 14.4. The second-order valence-electron chi connectivity index (χ2n) is 13.6. The summed E-state index contributed by atoms with van der Waals surface area (Å²) in [6.45, 7) is 1.10. The van der Waals surface area contributed by atoms with Gasteiger partial charge in [-0.15, -0.1) is 17.5 Å². The molecule has 31 heteroatoms. The van der Waals surface area contributed by atoms with Gasteiger partial charge < -0.3 is 74.5 Å². The maximum atomic E-state index is 11.9. The highest BCUT2D eigenvalue weighted by molar-refractivity contribution is 7.10. The molecule has 0 aliphatic carbocycles. The highest BCUT2D eigenvalue weighted by atomic mass is 32.1. The summed E-state index contributed by atoms with van der Waals surface area (Å²) in [5.74, 6) is -1.70. The molecule has 0 saturated carbocycles. The average molecular weight is 1080 g/mol. The third-order valence-corrected chi connectivity index (χ3v) is 11.3. The predicted octanol–water partition coefficient (Wildman–Crippen LogP) is 2.56. The van der Waals surface area contributed by atoms with Crippen molar-refractivity contribution in [2.24, 2.45) is 0 Å². The number of carbonyl (C=O) groups excluding carboxylic acids is 4. The van der Waals surface area contributed by atoms with Gasteiger partial charge in [0.2, 0.25) is 20.5 Å². The van der Waals surface area contributed by atoms with Gasteiger partial charge in [-0.1, -0.05) is 42.5 Å². The number of nitrogens with one attached hydrogen (secondary N) is 4. The van der Waals surface area contributed by atoms with Gasteiger partial charge in [0.25, 0.3) is 0 Å². The summed E-state index contributed by atoms with van der Waals surface area (Å²) in [7, 11) is 11.0. The number of esters is 4. The van der Waals surface area contributed by atoms with Gasteiger partial charge in [0.1, 0.15) is 23.9 Å². The molecule has 4 heterocycles. The molecule has 0 bridgehead atoms. The minimum absolute atomic E-state index is 0.176. The van der Waals surface area contributed by atoms with Crippen molar-refractivity contribution in [3.63, 3.8) is 0 Å². The number of phenols is 1. The van der Waals surface area contributed by atoms with E-state index in [4.69, 9.17) is 33.5 Å². The summed E-state index contributed by atoms with van der Waals surface area (Å²) in [6.07, 6.45) is 0.00640. The number of aromatic nitrogens is 8. The third kappa shape index (κ3) is 20.2. The lowest BCUT2D eigenvalue weighted by molar-refractivity contribution is -0.144. The Kier molecular flexibility index (Phi) is 26.1. The van der Waals surface area contributed by atoms with Gasteiger partial charge >= 0.3 is 47.9 Å². The van der Waals surface area contributed by atoms with Gasteiger partial charge in [0, 0.05) is 59.0 Å².